The summed E-state index contributed by atoms with van der Waals surface area (Å²) >= 11 is 0. The highest BCUT2D eigenvalue weighted by Crippen LogP contribution is 2.20. The minimum atomic E-state index is -0.544. The van der Waals surface area contributed by atoms with E-state index in [2.05, 4.69) is 0 Å². The third-order valence-corrected chi connectivity index (χ3v) is 7.65. The number of carbonyl (C=O) groups excluding carboxylic acids is 4. The van der Waals surface area contributed by atoms with Crippen LogP contribution in [-0.4, -0.2) is 58.6 Å². The van der Waals surface area contributed by atoms with Gasteiger partial charge in [0.15, 0.2) is 37.9 Å². The number of primary amides is 2. The minimum Gasteiger partial charge on any atom is -0.368 e. The Balaban J connectivity index is 1.23. The number of likely N-dealkylation sites (tertiary alicyclic amines) is 2. The van der Waals surface area contributed by atoms with Crippen molar-refractivity contribution in [3.8, 4) is 0 Å². The molecule has 1 aromatic carbocycles. The molecule has 0 bridgehead atoms. The summed E-state index contributed by atoms with van der Waals surface area (Å²) in [6.07, 6.45) is 10.2. The fourth-order valence-corrected chi connectivity index (χ4v) is 5.61. The second kappa shape index (κ2) is 11.6. The lowest BCUT2D eigenvalue weighted by Crippen LogP contribution is -2.44. The van der Waals surface area contributed by atoms with Crippen LogP contribution in [0.15, 0.2) is 73.3 Å². The molecule has 10 nitrogen and oxygen atoms in total. The SMILES string of the molecule is NC(=O)[C@H]1CCCN1C(=O)c1ccc[n+](Cc2ccc(C[n+]3cccc(C(=O)N4CCC[C@H]4C(N)=O)c3)cc2)c1. The first-order valence-electron chi connectivity index (χ1n) is 13.6. The van der Waals surface area contributed by atoms with Crippen molar-refractivity contribution >= 4 is 23.6 Å². The van der Waals surface area contributed by atoms with E-state index in [0.717, 1.165) is 24.0 Å². The first-order valence-corrected chi connectivity index (χ1v) is 13.6. The van der Waals surface area contributed by atoms with Crippen LogP contribution in [0.1, 0.15) is 57.5 Å². The van der Waals surface area contributed by atoms with E-state index in [0.29, 0.717) is 50.1 Å². The Morgan fingerprint density at radius 3 is 1.45 bits per heavy atom. The molecule has 10 heteroatoms. The molecule has 2 fully saturated rings. The third-order valence-electron chi connectivity index (χ3n) is 7.65. The number of benzene rings is 1. The fraction of sp³-hybridized carbons (Fsp3) is 0.333. The zero-order chi connectivity index (χ0) is 28.2. The number of hydrogen-bond acceptors (Lipinski definition) is 4. The second-order valence-corrected chi connectivity index (χ2v) is 10.5. The molecule has 2 aromatic heterocycles. The summed E-state index contributed by atoms with van der Waals surface area (Å²) in [6, 6.07) is 14.2. The van der Waals surface area contributed by atoms with E-state index in [-0.39, 0.29) is 11.8 Å². The molecule has 0 unspecified atom stereocenters. The van der Waals surface area contributed by atoms with Gasteiger partial charge in [0, 0.05) is 36.3 Å². The summed E-state index contributed by atoms with van der Waals surface area (Å²) in [5.74, 6) is -1.29. The van der Waals surface area contributed by atoms with Crippen molar-refractivity contribution < 1.29 is 28.3 Å². The summed E-state index contributed by atoms with van der Waals surface area (Å²) in [6.45, 7) is 2.22. The minimum absolute atomic E-state index is 0.182. The van der Waals surface area contributed by atoms with E-state index in [1.807, 2.05) is 57.9 Å². The van der Waals surface area contributed by atoms with Gasteiger partial charge < -0.3 is 21.3 Å². The number of nitrogens with two attached hydrogens (primary N) is 2. The van der Waals surface area contributed by atoms with E-state index in [1.165, 1.54) is 0 Å². The molecular weight excluding hydrogens is 508 g/mol. The second-order valence-electron chi connectivity index (χ2n) is 10.5. The Morgan fingerprint density at radius 1 is 0.675 bits per heavy atom. The molecular formula is C30H34N6O4+2. The number of amides is 4. The molecule has 4 amide bonds. The van der Waals surface area contributed by atoms with E-state index >= 15 is 0 Å². The molecule has 0 saturated carbocycles. The lowest BCUT2D eigenvalue weighted by Gasteiger charge is -2.21. The lowest BCUT2D eigenvalue weighted by atomic mass is 10.1. The first-order chi connectivity index (χ1) is 19.3. The molecule has 2 aliphatic rings. The van der Waals surface area contributed by atoms with E-state index < -0.39 is 23.9 Å². The van der Waals surface area contributed by atoms with Crippen LogP contribution in [0.3, 0.4) is 0 Å². The normalized spacial score (nSPS) is 18.6. The van der Waals surface area contributed by atoms with Gasteiger partial charge in [0.25, 0.3) is 11.8 Å². The van der Waals surface area contributed by atoms with Gasteiger partial charge in [0.1, 0.15) is 23.2 Å². The van der Waals surface area contributed by atoms with Crippen LogP contribution in [0.4, 0.5) is 0 Å². The highest BCUT2D eigenvalue weighted by Gasteiger charge is 2.35. The van der Waals surface area contributed by atoms with Crippen molar-refractivity contribution in [2.75, 3.05) is 13.1 Å². The molecule has 4 heterocycles. The molecule has 3 aromatic rings. The van der Waals surface area contributed by atoms with Crippen LogP contribution >= 0.6 is 0 Å². The number of aromatic nitrogens is 2. The maximum absolute atomic E-state index is 13.0. The van der Waals surface area contributed by atoms with Crippen molar-refractivity contribution in [1.82, 2.24) is 9.80 Å². The lowest BCUT2D eigenvalue weighted by molar-refractivity contribution is -0.689. The van der Waals surface area contributed by atoms with E-state index in [4.69, 9.17) is 11.5 Å². The summed E-state index contributed by atoms with van der Waals surface area (Å²) in [4.78, 5) is 52.6. The maximum Gasteiger partial charge on any atom is 0.260 e. The van der Waals surface area contributed by atoms with E-state index in [1.54, 1.807) is 34.3 Å². The molecule has 5 rings (SSSR count). The Hall–Kier alpha value is -4.60. The predicted molar refractivity (Wildman–Crippen MR) is 144 cm³/mol. The zero-order valence-electron chi connectivity index (χ0n) is 22.3. The average molecular weight is 543 g/mol. The molecule has 2 aliphatic heterocycles. The predicted octanol–water partition coefficient (Wildman–Crippen LogP) is 0.538. The summed E-state index contributed by atoms with van der Waals surface area (Å²) < 4.78 is 3.89. The van der Waals surface area contributed by atoms with E-state index in [9.17, 15) is 19.2 Å². The number of rotatable bonds is 8. The molecule has 2 saturated heterocycles. The topological polar surface area (TPSA) is 135 Å². The third kappa shape index (κ3) is 5.85. The van der Waals surface area contributed by atoms with Gasteiger partial charge in [-0.15, -0.1) is 0 Å². The standard InChI is InChI=1S/C30H32N6O4/c31-27(37)25-7-3-15-35(25)29(39)23-5-1-13-33(19-23)17-21-9-11-22(12-10-21)18-34-14-2-6-24(20-34)30(40)36-16-4-8-26(36)28(32)38/h1-2,5-6,9-14,19-20,25-26H,3-4,7-8,15-18H2,(H2-2,31,32,37,38)/p+2/t25-,26+. The molecule has 0 spiro atoms. The fourth-order valence-electron chi connectivity index (χ4n) is 5.61. The van der Waals surface area contributed by atoms with Gasteiger partial charge in [-0.2, -0.15) is 9.13 Å². The number of carbonyl (C=O) groups is 4. The van der Waals surface area contributed by atoms with Crippen LogP contribution in [-0.2, 0) is 22.7 Å². The van der Waals surface area contributed by atoms with Crippen molar-refractivity contribution in [1.29, 1.82) is 0 Å². The first kappa shape index (κ1) is 27.0. The molecule has 4 N–H and O–H groups in total. The van der Waals surface area contributed by atoms with Crippen LogP contribution < -0.4 is 20.6 Å². The highest BCUT2D eigenvalue weighted by atomic mass is 16.2. The Kier molecular flexibility index (Phi) is 7.86. The number of pyridine rings is 2. The molecule has 206 valence electrons. The van der Waals surface area contributed by atoms with Crippen molar-refractivity contribution in [2.45, 2.75) is 50.9 Å². The Labute approximate surface area is 232 Å². The Bertz CT molecular complexity index is 1330. The maximum atomic E-state index is 13.0. The monoisotopic (exact) mass is 542 g/mol. The largest absolute Gasteiger partial charge is 0.368 e. The smallest absolute Gasteiger partial charge is 0.260 e. The average Bonchev–Trinajstić information content (AvgIpc) is 3.64. The summed E-state index contributed by atoms with van der Waals surface area (Å²) in [5.41, 5.74) is 14.1. The van der Waals surface area contributed by atoms with Gasteiger partial charge in [-0.25, -0.2) is 0 Å². The molecule has 0 radical (unpaired) electrons. The molecule has 2 atom stereocenters. The van der Waals surface area contributed by atoms with Crippen LogP contribution in [0.2, 0.25) is 0 Å². The van der Waals surface area contributed by atoms with Gasteiger partial charge in [0.05, 0.1) is 0 Å². The molecule has 0 aliphatic carbocycles. The zero-order valence-corrected chi connectivity index (χ0v) is 22.3. The quantitative estimate of drug-likeness (QED) is 0.402. The number of nitrogens with zero attached hydrogens (tertiary/aromatic N) is 4. The van der Waals surface area contributed by atoms with Gasteiger partial charge >= 0.3 is 0 Å². The van der Waals surface area contributed by atoms with Gasteiger partial charge in [-0.3, -0.25) is 19.2 Å². The highest BCUT2D eigenvalue weighted by molar-refractivity contribution is 5.98. The summed E-state index contributed by atoms with van der Waals surface area (Å²) in [5, 5.41) is 0. The number of hydrogen-bond donors (Lipinski definition) is 2. The van der Waals surface area contributed by atoms with Crippen molar-refractivity contribution in [3.05, 3.63) is 95.6 Å². The van der Waals surface area contributed by atoms with Crippen LogP contribution in [0.5, 0.6) is 0 Å². The van der Waals surface area contributed by atoms with Gasteiger partial charge in [0.2, 0.25) is 11.8 Å². The van der Waals surface area contributed by atoms with Crippen molar-refractivity contribution in [3.63, 3.8) is 0 Å². The van der Waals surface area contributed by atoms with Crippen LogP contribution in [0.25, 0.3) is 0 Å². The Morgan fingerprint density at radius 2 is 1.07 bits per heavy atom. The summed E-state index contributed by atoms with van der Waals surface area (Å²) in [7, 11) is 0. The van der Waals surface area contributed by atoms with Gasteiger partial charge in [-0.05, 0) is 37.8 Å². The van der Waals surface area contributed by atoms with Gasteiger partial charge in [-0.1, -0.05) is 24.3 Å². The van der Waals surface area contributed by atoms with Crippen molar-refractivity contribution in [2.24, 2.45) is 11.5 Å². The molecule has 40 heavy (non-hydrogen) atoms. The van der Waals surface area contributed by atoms with Crippen LogP contribution in [0, 0.1) is 0 Å².